The molecule has 0 N–H and O–H groups in total. The molecule has 0 saturated carbocycles. The van der Waals surface area contributed by atoms with Gasteiger partial charge in [-0.25, -0.2) is 0 Å². The Morgan fingerprint density at radius 3 is 2.18 bits per heavy atom. The molecule has 17 heavy (non-hydrogen) atoms. The Kier molecular flexibility index (Phi) is 8.46. The zero-order valence-corrected chi connectivity index (χ0v) is 11.5. The summed E-state index contributed by atoms with van der Waals surface area (Å²) in [5.41, 5.74) is 1.37. The average molecular weight is 238 g/mol. The van der Waals surface area contributed by atoms with E-state index in [1.807, 2.05) is 13.8 Å². The molecule has 0 saturated heterocycles. The lowest BCUT2D eigenvalue weighted by Gasteiger charge is -2.17. The summed E-state index contributed by atoms with van der Waals surface area (Å²) >= 11 is 0. The second kappa shape index (κ2) is 9.72. The Bertz CT molecular complexity index is 210. The second-order valence-electron chi connectivity index (χ2n) is 4.68. The summed E-state index contributed by atoms with van der Waals surface area (Å²) in [4.78, 5) is 0. The predicted octanol–water partition coefficient (Wildman–Crippen LogP) is 4.15. The minimum Gasteiger partial charge on any atom is -0.408 e. The molecule has 2 nitrogen and oxygen atoms in total. The highest BCUT2D eigenvalue weighted by Crippen LogP contribution is 2.19. The first-order valence-electron chi connectivity index (χ1n) is 7.30. The Balaban J connectivity index is 2.55. The van der Waals surface area contributed by atoms with Crippen LogP contribution in [0.3, 0.4) is 0 Å². The van der Waals surface area contributed by atoms with Crippen molar-refractivity contribution in [2.75, 3.05) is 13.2 Å². The standard InChI is InChI=1S/C14H27BO2/c1-3-16-15(17-4-2)14-12-10-8-6-5-7-9-11-13-14/h12H,3-11,13H2,1-2H3/b14-12+. The van der Waals surface area contributed by atoms with Crippen molar-refractivity contribution in [1.82, 2.24) is 0 Å². The molecule has 0 bridgehead atoms. The fourth-order valence-corrected chi connectivity index (χ4v) is 2.35. The molecule has 0 fully saturated rings. The molecule has 0 amide bonds. The maximum Gasteiger partial charge on any atom is 0.489 e. The third-order valence-electron chi connectivity index (χ3n) is 3.26. The summed E-state index contributed by atoms with van der Waals surface area (Å²) in [6, 6.07) is 0. The van der Waals surface area contributed by atoms with Gasteiger partial charge in [-0.15, -0.1) is 0 Å². The predicted molar refractivity (Wildman–Crippen MR) is 74.0 cm³/mol. The number of allylic oxidation sites excluding steroid dienone is 2. The topological polar surface area (TPSA) is 18.5 Å². The van der Waals surface area contributed by atoms with Gasteiger partial charge < -0.3 is 9.31 Å². The minimum absolute atomic E-state index is 0.0931. The largest absolute Gasteiger partial charge is 0.489 e. The zero-order valence-electron chi connectivity index (χ0n) is 11.5. The van der Waals surface area contributed by atoms with Gasteiger partial charge in [0.15, 0.2) is 0 Å². The van der Waals surface area contributed by atoms with Crippen molar-refractivity contribution in [3.05, 3.63) is 11.5 Å². The van der Waals surface area contributed by atoms with Gasteiger partial charge in [-0.2, -0.15) is 0 Å². The van der Waals surface area contributed by atoms with Gasteiger partial charge in [0.05, 0.1) is 0 Å². The van der Waals surface area contributed by atoms with Gasteiger partial charge in [-0.3, -0.25) is 0 Å². The van der Waals surface area contributed by atoms with Crippen LogP contribution in [0.2, 0.25) is 0 Å². The lowest BCUT2D eigenvalue weighted by molar-refractivity contribution is 0.220. The molecule has 1 rings (SSSR count). The van der Waals surface area contributed by atoms with E-state index in [0.29, 0.717) is 0 Å². The molecule has 98 valence electrons. The monoisotopic (exact) mass is 238 g/mol. The van der Waals surface area contributed by atoms with Gasteiger partial charge in [-0.1, -0.05) is 38.2 Å². The van der Waals surface area contributed by atoms with Crippen LogP contribution in [0, 0.1) is 0 Å². The average Bonchev–Trinajstić information content (AvgIpc) is 2.36. The number of rotatable bonds is 5. The second-order valence-corrected chi connectivity index (χ2v) is 4.68. The van der Waals surface area contributed by atoms with Crippen molar-refractivity contribution in [2.45, 2.75) is 65.2 Å². The van der Waals surface area contributed by atoms with Crippen molar-refractivity contribution in [1.29, 1.82) is 0 Å². The molecule has 0 aliphatic heterocycles. The highest BCUT2D eigenvalue weighted by molar-refractivity contribution is 6.53. The highest BCUT2D eigenvalue weighted by Gasteiger charge is 2.22. The third kappa shape index (κ3) is 6.28. The van der Waals surface area contributed by atoms with Gasteiger partial charge >= 0.3 is 7.12 Å². The highest BCUT2D eigenvalue weighted by atomic mass is 16.6. The molecule has 0 atom stereocenters. The fourth-order valence-electron chi connectivity index (χ4n) is 2.35. The van der Waals surface area contributed by atoms with Crippen LogP contribution < -0.4 is 0 Å². The van der Waals surface area contributed by atoms with Gasteiger partial charge in [0, 0.05) is 13.2 Å². The van der Waals surface area contributed by atoms with Crippen molar-refractivity contribution in [2.24, 2.45) is 0 Å². The van der Waals surface area contributed by atoms with Crippen molar-refractivity contribution in [3.8, 4) is 0 Å². The summed E-state index contributed by atoms with van der Waals surface area (Å²) in [6.45, 7) is 5.52. The zero-order chi connectivity index (χ0) is 12.3. The van der Waals surface area contributed by atoms with Crippen LogP contribution >= 0.6 is 0 Å². The van der Waals surface area contributed by atoms with E-state index in [-0.39, 0.29) is 7.12 Å². The first-order valence-corrected chi connectivity index (χ1v) is 7.30. The third-order valence-corrected chi connectivity index (χ3v) is 3.26. The minimum atomic E-state index is -0.0931. The normalized spacial score (nSPS) is 21.6. The summed E-state index contributed by atoms with van der Waals surface area (Å²) in [5.74, 6) is 0. The fraction of sp³-hybridized carbons (Fsp3) is 0.857. The molecule has 0 radical (unpaired) electrons. The Morgan fingerprint density at radius 1 is 0.941 bits per heavy atom. The van der Waals surface area contributed by atoms with Gasteiger partial charge in [0.25, 0.3) is 0 Å². The quantitative estimate of drug-likeness (QED) is 0.670. The van der Waals surface area contributed by atoms with Gasteiger partial charge in [0.1, 0.15) is 0 Å². The molecule has 0 spiro atoms. The molecular weight excluding hydrogens is 211 g/mol. The lowest BCUT2D eigenvalue weighted by Crippen LogP contribution is -2.26. The van der Waals surface area contributed by atoms with Crippen LogP contribution in [0.5, 0.6) is 0 Å². The van der Waals surface area contributed by atoms with Crippen LogP contribution in [-0.4, -0.2) is 20.3 Å². The van der Waals surface area contributed by atoms with E-state index in [1.54, 1.807) is 0 Å². The molecule has 3 heteroatoms. The number of hydrogen-bond donors (Lipinski definition) is 0. The maximum absolute atomic E-state index is 5.70. The molecular formula is C14H27BO2. The summed E-state index contributed by atoms with van der Waals surface area (Å²) in [6.07, 6.45) is 12.8. The Labute approximate surface area is 107 Å². The van der Waals surface area contributed by atoms with E-state index in [4.69, 9.17) is 9.31 Å². The molecule has 0 aromatic heterocycles. The van der Waals surface area contributed by atoms with Crippen LogP contribution in [0.25, 0.3) is 0 Å². The maximum atomic E-state index is 5.70. The molecule has 0 heterocycles. The summed E-state index contributed by atoms with van der Waals surface area (Å²) in [5, 5.41) is 0. The van der Waals surface area contributed by atoms with Crippen molar-refractivity contribution >= 4 is 7.12 Å². The van der Waals surface area contributed by atoms with Crippen LogP contribution in [0.15, 0.2) is 11.5 Å². The van der Waals surface area contributed by atoms with E-state index in [9.17, 15) is 0 Å². The first kappa shape index (κ1) is 14.8. The summed E-state index contributed by atoms with van der Waals surface area (Å²) in [7, 11) is -0.0931. The van der Waals surface area contributed by atoms with Crippen LogP contribution in [0.4, 0.5) is 0 Å². The Morgan fingerprint density at radius 2 is 1.53 bits per heavy atom. The SMILES string of the molecule is CCOB(OCC)/C1=C/CCCCCCCC1. The van der Waals surface area contributed by atoms with Crippen molar-refractivity contribution in [3.63, 3.8) is 0 Å². The van der Waals surface area contributed by atoms with Crippen LogP contribution in [-0.2, 0) is 9.31 Å². The van der Waals surface area contributed by atoms with Gasteiger partial charge in [0.2, 0.25) is 0 Å². The summed E-state index contributed by atoms with van der Waals surface area (Å²) < 4.78 is 11.4. The molecule has 0 unspecified atom stereocenters. The van der Waals surface area contributed by atoms with Gasteiger partial charge in [-0.05, 0) is 38.6 Å². The first-order chi connectivity index (χ1) is 8.38. The Hall–Kier alpha value is -0.275. The lowest BCUT2D eigenvalue weighted by atomic mass is 9.74. The number of hydrogen-bond acceptors (Lipinski definition) is 2. The molecule has 1 aliphatic carbocycles. The van der Waals surface area contributed by atoms with E-state index in [1.165, 1.54) is 50.4 Å². The van der Waals surface area contributed by atoms with E-state index < -0.39 is 0 Å². The van der Waals surface area contributed by atoms with E-state index in [0.717, 1.165) is 19.6 Å². The smallest absolute Gasteiger partial charge is 0.408 e. The molecule has 0 aromatic rings. The molecule has 1 aliphatic rings. The van der Waals surface area contributed by atoms with Crippen LogP contribution in [0.1, 0.15) is 65.2 Å². The molecule has 0 aromatic carbocycles. The van der Waals surface area contributed by atoms with Crippen molar-refractivity contribution < 1.29 is 9.31 Å². The van der Waals surface area contributed by atoms with E-state index >= 15 is 0 Å². The van der Waals surface area contributed by atoms with E-state index in [2.05, 4.69) is 6.08 Å².